The summed E-state index contributed by atoms with van der Waals surface area (Å²) < 4.78 is 11.1. The predicted molar refractivity (Wildman–Crippen MR) is 98.7 cm³/mol. The Balaban J connectivity index is 1.74. The molecule has 0 heterocycles. The van der Waals surface area contributed by atoms with Crippen molar-refractivity contribution < 1.29 is 23.9 Å². The predicted octanol–water partition coefficient (Wildman–Crippen LogP) is 4.01. The van der Waals surface area contributed by atoms with E-state index in [9.17, 15) is 14.4 Å². The Hall–Kier alpha value is -1.23. The number of ketones is 2. The summed E-state index contributed by atoms with van der Waals surface area (Å²) in [5.41, 5.74) is 0. The minimum Gasteiger partial charge on any atom is -0.462 e. The second-order valence-electron chi connectivity index (χ2n) is 8.01. The van der Waals surface area contributed by atoms with Crippen molar-refractivity contribution in [1.29, 1.82) is 0 Å². The monoisotopic (exact) mass is 366 g/mol. The number of hydrogen-bond acceptors (Lipinski definition) is 5. The van der Waals surface area contributed by atoms with Crippen molar-refractivity contribution in [2.75, 3.05) is 7.11 Å². The van der Waals surface area contributed by atoms with E-state index >= 15 is 0 Å². The SMILES string of the molecule is COC1CCCC(C(=O)C2CCCC(OC(=O)CCCCC(C)=O)C2)C1. The van der Waals surface area contributed by atoms with Crippen LogP contribution in [-0.2, 0) is 23.9 Å². The van der Waals surface area contributed by atoms with Gasteiger partial charge in [0.05, 0.1) is 6.10 Å². The summed E-state index contributed by atoms with van der Waals surface area (Å²) in [6.07, 6.45) is 9.70. The average molecular weight is 366 g/mol. The van der Waals surface area contributed by atoms with Gasteiger partial charge in [-0.05, 0) is 64.7 Å². The summed E-state index contributed by atoms with van der Waals surface area (Å²) in [6, 6.07) is 0. The molecule has 0 aromatic heterocycles. The zero-order chi connectivity index (χ0) is 18.9. The van der Waals surface area contributed by atoms with Gasteiger partial charge in [-0.25, -0.2) is 0 Å². The van der Waals surface area contributed by atoms with E-state index < -0.39 is 0 Å². The van der Waals surface area contributed by atoms with Gasteiger partial charge in [-0.2, -0.15) is 0 Å². The number of methoxy groups -OCH3 is 1. The molecule has 2 fully saturated rings. The third-order valence-corrected chi connectivity index (χ3v) is 5.85. The third kappa shape index (κ3) is 6.82. The normalized spacial score (nSPS) is 29.2. The number of unbranched alkanes of at least 4 members (excludes halogenated alkanes) is 1. The van der Waals surface area contributed by atoms with Crippen LogP contribution in [0.3, 0.4) is 0 Å². The number of Topliss-reactive ketones (excluding diaryl/α,β-unsaturated/α-hetero) is 2. The van der Waals surface area contributed by atoms with E-state index in [-0.39, 0.29) is 35.8 Å². The van der Waals surface area contributed by atoms with Crippen LogP contribution in [0.5, 0.6) is 0 Å². The molecule has 0 aromatic rings. The van der Waals surface area contributed by atoms with Gasteiger partial charge in [0.1, 0.15) is 17.7 Å². The van der Waals surface area contributed by atoms with Crippen LogP contribution in [0.4, 0.5) is 0 Å². The molecule has 148 valence electrons. The zero-order valence-corrected chi connectivity index (χ0v) is 16.3. The summed E-state index contributed by atoms with van der Waals surface area (Å²) in [5.74, 6) is 0.461. The molecule has 0 amide bonds. The van der Waals surface area contributed by atoms with E-state index in [0.29, 0.717) is 31.5 Å². The van der Waals surface area contributed by atoms with Gasteiger partial charge < -0.3 is 14.3 Å². The van der Waals surface area contributed by atoms with Crippen LogP contribution in [0.1, 0.15) is 84.0 Å². The Morgan fingerprint density at radius 3 is 2.04 bits per heavy atom. The van der Waals surface area contributed by atoms with Gasteiger partial charge in [0.25, 0.3) is 0 Å². The van der Waals surface area contributed by atoms with Crippen molar-refractivity contribution in [3.05, 3.63) is 0 Å². The van der Waals surface area contributed by atoms with Crippen LogP contribution in [-0.4, -0.2) is 36.9 Å². The van der Waals surface area contributed by atoms with Crippen molar-refractivity contribution in [2.45, 2.75) is 96.2 Å². The fourth-order valence-electron chi connectivity index (χ4n) is 4.35. The molecule has 5 heteroatoms. The molecular weight excluding hydrogens is 332 g/mol. The summed E-state index contributed by atoms with van der Waals surface area (Å²) >= 11 is 0. The number of carbonyl (C=O) groups excluding carboxylic acids is 3. The van der Waals surface area contributed by atoms with E-state index in [1.165, 1.54) is 0 Å². The van der Waals surface area contributed by atoms with Gasteiger partial charge in [-0.3, -0.25) is 9.59 Å². The lowest BCUT2D eigenvalue weighted by atomic mass is 9.75. The Labute approximate surface area is 157 Å². The Bertz CT molecular complexity index is 487. The van der Waals surface area contributed by atoms with Gasteiger partial charge in [-0.1, -0.05) is 6.42 Å². The summed E-state index contributed by atoms with van der Waals surface area (Å²) in [7, 11) is 1.73. The summed E-state index contributed by atoms with van der Waals surface area (Å²) in [6.45, 7) is 1.57. The van der Waals surface area contributed by atoms with Gasteiger partial charge >= 0.3 is 5.97 Å². The topological polar surface area (TPSA) is 69.7 Å². The molecule has 0 N–H and O–H groups in total. The van der Waals surface area contributed by atoms with Gasteiger partial charge in [0.15, 0.2) is 0 Å². The van der Waals surface area contributed by atoms with Gasteiger partial charge in [-0.15, -0.1) is 0 Å². The van der Waals surface area contributed by atoms with E-state index in [1.807, 2.05) is 0 Å². The minimum atomic E-state index is -0.191. The lowest BCUT2D eigenvalue weighted by Gasteiger charge is -2.33. The first-order valence-electron chi connectivity index (χ1n) is 10.2. The van der Waals surface area contributed by atoms with E-state index in [2.05, 4.69) is 0 Å². The molecule has 2 rings (SSSR count). The Kier molecular flexibility index (Phi) is 8.76. The maximum Gasteiger partial charge on any atom is 0.306 e. The first kappa shape index (κ1) is 21.1. The lowest BCUT2D eigenvalue weighted by molar-refractivity contribution is -0.153. The van der Waals surface area contributed by atoms with Crippen LogP contribution >= 0.6 is 0 Å². The van der Waals surface area contributed by atoms with Gasteiger partial charge in [0.2, 0.25) is 0 Å². The first-order valence-corrected chi connectivity index (χ1v) is 10.2. The molecule has 0 aromatic carbocycles. The van der Waals surface area contributed by atoms with Crippen molar-refractivity contribution in [3.8, 4) is 0 Å². The van der Waals surface area contributed by atoms with Crippen molar-refractivity contribution in [3.63, 3.8) is 0 Å². The summed E-state index contributed by atoms with van der Waals surface area (Å²) in [4.78, 5) is 35.8. The molecule has 2 saturated carbocycles. The zero-order valence-electron chi connectivity index (χ0n) is 16.3. The molecule has 2 aliphatic carbocycles. The second kappa shape index (κ2) is 10.8. The molecule has 0 radical (unpaired) electrons. The molecule has 0 aliphatic heterocycles. The number of rotatable bonds is 9. The Morgan fingerprint density at radius 2 is 1.42 bits per heavy atom. The highest BCUT2D eigenvalue weighted by Gasteiger charge is 2.35. The number of hydrogen-bond donors (Lipinski definition) is 0. The molecular formula is C21H34O5. The molecule has 5 nitrogen and oxygen atoms in total. The van der Waals surface area contributed by atoms with Crippen LogP contribution < -0.4 is 0 Å². The number of ether oxygens (including phenoxy) is 2. The standard InChI is InChI=1S/C21H34O5/c1-15(22)7-3-4-12-20(23)26-19-11-6-9-17(14-19)21(24)16-8-5-10-18(13-16)25-2/h16-19H,3-14H2,1-2H3. The van der Waals surface area contributed by atoms with Crippen molar-refractivity contribution in [1.82, 2.24) is 0 Å². The second-order valence-corrected chi connectivity index (χ2v) is 8.01. The molecule has 2 aliphatic rings. The van der Waals surface area contributed by atoms with E-state index in [1.54, 1.807) is 14.0 Å². The number of esters is 1. The fraction of sp³-hybridized carbons (Fsp3) is 0.857. The molecule has 0 bridgehead atoms. The molecule has 26 heavy (non-hydrogen) atoms. The average Bonchev–Trinajstić information content (AvgIpc) is 2.64. The minimum absolute atomic E-state index is 0.0277. The maximum atomic E-state index is 12.9. The molecule has 0 spiro atoms. The first-order chi connectivity index (χ1) is 12.5. The maximum absolute atomic E-state index is 12.9. The van der Waals surface area contributed by atoms with Crippen LogP contribution in [0.15, 0.2) is 0 Å². The smallest absolute Gasteiger partial charge is 0.306 e. The van der Waals surface area contributed by atoms with Crippen molar-refractivity contribution in [2.24, 2.45) is 11.8 Å². The molecule has 0 saturated heterocycles. The summed E-state index contributed by atoms with van der Waals surface area (Å²) in [5, 5.41) is 0. The highest BCUT2D eigenvalue weighted by molar-refractivity contribution is 5.83. The van der Waals surface area contributed by atoms with Gasteiger partial charge in [0, 0.05) is 31.8 Å². The number of carbonyl (C=O) groups is 3. The fourth-order valence-corrected chi connectivity index (χ4v) is 4.35. The lowest BCUT2D eigenvalue weighted by Crippen LogP contribution is -2.35. The largest absolute Gasteiger partial charge is 0.462 e. The van der Waals surface area contributed by atoms with Crippen molar-refractivity contribution >= 4 is 17.5 Å². The van der Waals surface area contributed by atoms with E-state index in [4.69, 9.17) is 9.47 Å². The van der Waals surface area contributed by atoms with Crippen LogP contribution in [0.2, 0.25) is 0 Å². The molecule has 4 atom stereocenters. The quantitative estimate of drug-likeness (QED) is 0.455. The van der Waals surface area contributed by atoms with Crippen LogP contribution in [0, 0.1) is 11.8 Å². The van der Waals surface area contributed by atoms with E-state index in [0.717, 1.165) is 51.4 Å². The third-order valence-electron chi connectivity index (χ3n) is 5.85. The highest BCUT2D eigenvalue weighted by atomic mass is 16.5. The Morgan fingerprint density at radius 1 is 0.846 bits per heavy atom. The molecule has 4 unspecified atom stereocenters. The highest BCUT2D eigenvalue weighted by Crippen LogP contribution is 2.34. The van der Waals surface area contributed by atoms with Crippen LogP contribution in [0.25, 0.3) is 0 Å².